The maximum atomic E-state index is 10.7. The van der Waals surface area contributed by atoms with Crippen molar-refractivity contribution >= 4 is 27.6 Å². The Bertz CT molecular complexity index is 553. The second-order valence-electron chi connectivity index (χ2n) is 2.99. The Morgan fingerprint density at radius 3 is 2.81 bits per heavy atom. The van der Waals surface area contributed by atoms with E-state index in [1.54, 1.807) is 12.1 Å². The minimum atomic E-state index is -0.479. The first kappa shape index (κ1) is 10.6. The molecule has 1 heterocycles. The number of nitrogens with zero attached hydrogens (tertiary/aromatic N) is 2. The minimum Gasteiger partial charge on any atom is -0.424 e. The van der Waals surface area contributed by atoms with Crippen molar-refractivity contribution in [3.05, 3.63) is 39.0 Å². The van der Waals surface area contributed by atoms with Gasteiger partial charge in [0.05, 0.1) is 15.6 Å². The molecule has 0 saturated heterocycles. The molecule has 0 aliphatic carbocycles. The second-order valence-corrected chi connectivity index (χ2v) is 3.84. The van der Waals surface area contributed by atoms with Gasteiger partial charge in [0, 0.05) is 11.6 Å². The van der Waals surface area contributed by atoms with E-state index in [0.29, 0.717) is 15.8 Å². The third-order valence-electron chi connectivity index (χ3n) is 1.95. The van der Waals surface area contributed by atoms with Crippen molar-refractivity contribution in [2.45, 2.75) is 0 Å². The van der Waals surface area contributed by atoms with Crippen LogP contribution in [0.4, 0.5) is 11.7 Å². The maximum absolute atomic E-state index is 10.7. The van der Waals surface area contributed by atoms with E-state index in [0.717, 1.165) is 0 Å². The first-order valence-corrected chi connectivity index (χ1v) is 5.03. The lowest BCUT2D eigenvalue weighted by Crippen LogP contribution is -1.89. The van der Waals surface area contributed by atoms with Gasteiger partial charge in [-0.25, -0.2) is 4.98 Å². The minimum absolute atomic E-state index is 0.0283. The molecule has 16 heavy (non-hydrogen) atoms. The molecule has 0 fully saturated rings. The number of halogens is 1. The number of oxazole rings is 1. The van der Waals surface area contributed by atoms with E-state index < -0.39 is 4.92 Å². The summed E-state index contributed by atoms with van der Waals surface area (Å²) in [5.41, 5.74) is 5.84. The summed E-state index contributed by atoms with van der Waals surface area (Å²) in [6, 6.07) is 4.67. The number of benzene rings is 1. The van der Waals surface area contributed by atoms with E-state index in [1.807, 2.05) is 0 Å². The van der Waals surface area contributed by atoms with Crippen molar-refractivity contribution in [3.8, 4) is 11.3 Å². The summed E-state index contributed by atoms with van der Waals surface area (Å²) in [7, 11) is 0. The molecule has 2 aromatic rings. The van der Waals surface area contributed by atoms with E-state index in [2.05, 4.69) is 20.9 Å². The molecule has 0 bridgehead atoms. The van der Waals surface area contributed by atoms with Gasteiger partial charge >= 0.3 is 0 Å². The van der Waals surface area contributed by atoms with Gasteiger partial charge in [-0.05, 0) is 28.1 Å². The van der Waals surface area contributed by atoms with E-state index in [1.165, 1.54) is 12.3 Å². The lowest BCUT2D eigenvalue weighted by molar-refractivity contribution is -0.385. The summed E-state index contributed by atoms with van der Waals surface area (Å²) in [6.07, 6.45) is 1.42. The van der Waals surface area contributed by atoms with Crippen LogP contribution < -0.4 is 5.73 Å². The van der Waals surface area contributed by atoms with Crippen molar-refractivity contribution in [3.63, 3.8) is 0 Å². The number of nitrogens with two attached hydrogens (primary N) is 1. The molecular formula is C9H6BrN3O3. The molecule has 6 nitrogen and oxygen atoms in total. The largest absolute Gasteiger partial charge is 0.424 e. The number of aromatic nitrogens is 1. The molecule has 0 atom stereocenters. The van der Waals surface area contributed by atoms with Gasteiger partial charge in [-0.15, -0.1) is 0 Å². The number of hydrogen-bond acceptors (Lipinski definition) is 5. The smallest absolute Gasteiger partial charge is 0.292 e. The van der Waals surface area contributed by atoms with Crippen molar-refractivity contribution < 1.29 is 9.34 Å². The SMILES string of the molecule is Nc1ncc(-c2ccc(Br)c([N+](=O)[O-])c2)o1. The molecule has 1 aromatic heterocycles. The van der Waals surface area contributed by atoms with Crippen LogP contribution in [0.2, 0.25) is 0 Å². The molecule has 1 aromatic carbocycles. The van der Waals surface area contributed by atoms with Gasteiger partial charge in [-0.1, -0.05) is 0 Å². The number of nitrogen functional groups attached to an aromatic ring is 1. The Morgan fingerprint density at radius 1 is 1.50 bits per heavy atom. The van der Waals surface area contributed by atoms with E-state index in [4.69, 9.17) is 10.2 Å². The van der Waals surface area contributed by atoms with Crippen LogP contribution in [0.3, 0.4) is 0 Å². The molecule has 2 N–H and O–H groups in total. The van der Waals surface area contributed by atoms with Crippen molar-refractivity contribution in [2.75, 3.05) is 5.73 Å². The normalized spacial score (nSPS) is 10.3. The molecule has 0 unspecified atom stereocenters. The fourth-order valence-corrected chi connectivity index (χ4v) is 1.62. The number of anilines is 1. The fraction of sp³-hybridized carbons (Fsp3) is 0. The van der Waals surface area contributed by atoms with Gasteiger partial charge < -0.3 is 10.2 Å². The third kappa shape index (κ3) is 1.89. The van der Waals surface area contributed by atoms with Gasteiger partial charge in [0.1, 0.15) is 0 Å². The fourth-order valence-electron chi connectivity index (χ4n) is 1.23. The zero-order valence-electron chi connectivity index (χ0n) is 7.88. The Morgan fingerprint density at radius 2 is 2.25 bits per heavy atom. The molecule has 7 heteroatoms. The van der Waals surface area contributed by atoms with Crippen LogP contribution in [-0.2, 0) is 0 Å². The lowest BCUT2D eigenvalue weighted by Gasteiger charge is -1.98. The van der Waals surface area contributed by atoms with Gasteiger partial charge in [0.25, 0.3) is 11.7 Å². The predicted octanol–water partition coefficient (Wildman–Crippen LogP) is 2.59. The van der Waals surface area contributed by atoms with Crippen LogP contribution in [0, 0.1) is 10.1 Å². The maximum Gasteiger partial charge on any atom is 0.292 e. The summed E-state index contributed by atoms with van der Waals surface area (Å²) in [5.74, 6) is 0.396. The zero-order chi connectivity index (χ0) is 11.7. The third-order valence-corrected chi connectivity index (χ3v) is 2.62. The van der Waals surface area contributed by atoms with E-state index >= 15 is 0 Å². The standard InChI is InChI=1S/C9H6BrN3O3/c10-6-2-1-5(3-7(6)13(14)15)8-4-12-9(11)16-8/h1-4H,(H2,11,12). The summed E-state index contributed by atoms with van der Waals surface area (Å²) in [5, 5.41) is 10.7. The monoisotopic (exact) mass is 283 g/mol. The van der Waals surface area contributed by atoms with E-state index in [9.17, 15) is 10.1 Å². The molecular weight excluding hydrogens is 278 g/mol. The van der Waals surface area contributed by atoms with Crippen molar-refractivity contribution in [2.24, 2.45) is 0 Å². The first-order chi connectivity index (χ1) is 7.58. The number of rotatable bonds is 2. The van der Waals surface area contributed by atoms with Crippen molar-refractivity contribution in [1.82, 2.24) is 4.98 Å². The number of hydrogen-bond donors (Lipinski definition) is 1. The number of nitro benzene ring substituents is 1. The zero-order valence-corrected chi connectivity index (χ0v) is 9.47. The second kappa shape index (κ2) is 3.93. The average molecular weight is 284 g/mol. The Balaban J connectivity index is 2.51. The molecule has 0 spiro atoms. The van der Waals surface area contributed by atoms with Gasteiger partial charge in [0.15, 0.2) is 5.76 Å². The van der Waals surface area contributed by atoms with Crippen molar-refractivity contribution in [1.29, 1.82) is 0 Å². The van der Waals surface area contributed by atoms with Crippen LogP contribution >= 0.6 is 15.9 Å². The summed E-state index contributed by atoms with van der Waals surface area (Å²) in [6.45, 7) is 0. The Labute approximate surface area is 98.4 Å². The molecule has 0 saturated carbocycles. The van der Waals surface area contributed by atoms with Crippen LogP contribution in [0.5, 0.6) is 0 Å². The highest BCUT2D eigenvalue weighted by molar-refractivity contribution is 9.10. The number of nitro groups is 1. The first-order valence-electron chi connectivity index (χ1n) is 4.23. The molecule has 0 radical (unpaired) electrons. The van der Waals surface area contributed by atoms with Gasteiger partial charge in [-0.3, -0.25) is 10.1 Å². The predicted molar refractivity (Wildman–Crippen MR) is 60.7 cm³/mol. The van der Waals surface area contributed by atoms with Crippen LogP contribution in [-0.4, -0.2) is 9.91 Å². The highest BCUT2D eigenvalue weighted by Gasteiger charge is 2.14. The van der Waals surface area contributed by atoms with E-state index in [-0.39, 0.29) is 11.7 Å². The molecule has 82 valence electrons. The molecule has 0 aliphatic heterocycles. The summed E-state index contributed by atoms with van der Waals surface area (Å²) < 4.78 is 5.48. The van der Waals surface area contributed by atoms with Gasteiger partial charge in [0.2, 0.25) is 0 Å². The highest BCUT2D eigenvalue weighted by atomic mass is 79.9. The lowest BCUT2D eigenvalue weighted by atomic mass is 10.2. The summed E-state index contributed by atoms with van der Waals surface area (Å²) >= 11 is 3.10. The Hall–Kier alpha value is -1.89. The van der Waals surface area contributed by atoms with Gasteiger partial charge in [-0.2, -0.15) is 0 Å². The molecule has 0 amide bonds. The molecule has 2 rings (SSSR count). The average Bonchev–Trinajstić information content (AvgIpc) is 2.65. The Kier molecular flexibility index (Phi) is 2.61. The topological polar surface area (TPSA) is 95.2 Å². The quantitative estimate of drug-likeness (QED) is 0.675. The van der Waals surface area contributed by atoms with Crippen LogP contribution in [0.1, 0.15) is 0 Å². The molecule has 0 aliphatic rings. The summed E-state index contributed by atoms with van der Waals surface area (Å²) in [4.78, 5) is 14.0. The van der Waals surface area contributed by atoms with Crippen LogP contribution in [0.25, 0.3) is 11.3 Å². The highest BCUT2D eigenvalue weighted by Crippen LogP contribution is 2.30. The van der Waals surface area contributed by atoms with Crippen LogP contribution in [0.15, 0.2) is 33.3 Å².